The van der Waals surface area contributed by atoms with Gasteiger partial charge in [0.25, 0.3) is 0 Å². The first kappa shape index (κ1) is 28.8. The van der Waals surface area contributed by atoms with Crippen LogP contribution in [0, 0.1) is 0 Å². The molecule has 1 nitrogen and oxygen atoms in total. The molecule has 0 atom stereocenters. The van der Waals surface area contributed by atoms with Crippen LogP contribution in [-0.4, -0.2) is 0 Å². The minimum absolute atomic E-state index is 0.0640. The van der Waals surface area contributed by atoms with E-state index >= 15 is 0 Å². The van der Waals surface area contributed by atoms with E-state index in [1.165, 1.54) is 76.9 Å². The van der Waals surface area contributed by atoms with Crippen LogP contribution in [-0.2, 0) is 5.41 Å². The monoisotopic (exact) mass is 691 g/mol. The number of para-hydroxylation sites is 1. The van der Waals surface area contributed by atoms with Crippen LogP contribution in [0.1, 0.15) is 70.2 Å². The summed E-state index contributed by atoms with van der Waals surface area (Å²) in [6, 6.07) is 58.6. The summed E-state index contributed by atoms with van der Waals surface area (Å²) in [7, 11) is 0. The van der Waals surface area contributed by atoms with Gasteiger partial charge in [-0.3, -0.25) is 0 Å². The molecule has 234 valence electrons. The highest BCUT2D eigenvalue weighted by Crippen LogP contribution is 2.59. The molecule has 0 radical (unpaired) electrons. The molecule has 0 saturated carbocycles. The molecule has 0 heterocycles. The number of rotatable bonds is 4. The first-order valence-electron chi connectivity index (χ1n) is 17.2. The van der Waals surface area contributed by atoms with Gasteiger partial charge in [-0.05, 0) is 109 Å². The number of hydrogen-bond donors (Lipinski definition) is 0. The number of halogens is 1. The van der Waals surface area contributed by atoms with Gasteiger partial charge < -0.3 is 4.90 Å². The third-order valence-corrected chi connectivity index (χ3v) is 12.0. The van der Waals surface area contributed by atoms with Gasteiger partial charge in [-0.15, -0.1) is 0 Å². The summed E-state index contributed by atoms with van der Waals surface area (Å²) < 4.78 is 1.19. The summed E-state index contributed by atoms with van der Waals surface area (Å²) in [6.45, 7) is 4.71. The summed E-state index contributed by atoms with van der Waals surface area (Å²) in [5, 5.41) is 0. The predicted molar refractivity (Wildman–Crippen MR) is 207 cm³/mol. The van der Waals surface area contributed by atoms with Crippen LogP contribution in [0.5, 0.6) is 0 Å². The molecule has 4 aliphatic rings. The third-order valence-electron chi connectivity index (χ3n) is 11.3. The maximum absolute atomic E-state index is 4.01. The molecule has 2 heteroatoms. The lowest BCUT2D eigenvalue weighted by Crippen LogP contribution is -2.28. The Bertz CT molecular complexity index is 2390. The van der Waals surface area contributed by atoms with Crippen molar-refractivity contribution in [3.8, 4) is 22.3 Å². The van der Waals surface area contributed by atoms with Crippen LogP contribution >= 0.6 is 15.9 Å². The Balaban J connectivity index is 1.10. The zero-order valence-electron chi connectivity index (χ0n) is 27.5. The first-order valence-corrected chi connectivity index (χ1v) is 18.0. The van der Waals surface area contributed by atoms with E-state index in [-0.39, 0.29) is 17.3 Å². The van der Waals surface area contributed by atoms with Crippen LogP contribution in [0.15, 0.2) is 162 Å². The van der Waals surface area contributed by atoms with Gasteiger partial charge in [0.05, 0.1) is 0 Å². The van der Waals surface area contributed by atoms with Crippen molar-refractivity contribution in [3.05, 3.63) is 207 Å². The van der Waals surface area contributed by atoms with Crippen LogP contribution < -0.4 is 4.90 Å². The van der Waals surface area contributed by atoms with E-state index in [0.717, 1.165) is 11.4 Å². The van der Waals surface area contributed by atoms with Crippen molar-refractivity contribution in [2.75, 3.05) is 4.90 Å². The molecule has 7 aromatic rings. The second-order valence-corrected chi connectivity index (χ2v) is 15.0. The molecule has 7 aromatic carbocycles. The van der Waals surface area contributed by atoms with E-state index in [4.69, 9.17) is 0 Å². The molecule has 0 spiro atoms. The van der Waals surface area contributed by atoms with Crippen LogP contribution in [0.3, 0.4) is 0 Å². The van der Waals surface area contributed by atoms with E-state index in [1.807, 2.05) is 0 Å². The second kappa shape index (κ2) is 10.7. The highest BCUT2D eigenvalue weighted by molar-refractivity contribution is 9.10. The fraction of sp³-hybridized carbons (Fsp3) is 0.106. The van der Waals surface area contributed by atoms with Crippen molar-refractivity contribution in [3.63, 3.8) is 0 Å². The zero-order valence-corrected chi connectivity index (χ0v) is 29.1. The Kier molecular flexibility index (Phi) is 6.26. The summed E-state index contributed by atoms with van der Waals surface area (Å²) in [5.41, 5.74) is 20.0. The van der Waals surface area contributed by atoms with E-state index in [9.17, 15) is 0 Å². The van der Waals surface area contributed by atoms with Gasteiger partial charge in [0.2, 0.25) is 0 Å². The molecule has 0 saturated heterocycles. The molecule has 49 heavy (non-hydrogen) atoms. The topological polar surface area (TPSA) is 3.24 Å². The molecule has 0 fully saturated rings. The van der Waals surface area contributed by atoms with Gasteiger partial charge in [-0.1, -0.05) is 145 Å². The standard InChI is InChI=1S/C47H34BrN/c1-47(2)40-19-11-10-14-34(40)35-25-24-32(28-41(35)47)49(30-12-4-3-5-13-30)31-22-20-29(21-23-31)33-26-27-42(48)46-44-38-17-8-6-15-36(38)43(45(33)46)37-16-7-9-18-39(37)44/h3-28,43-44H,1-2H3. The third kappa shape index (κ3) is 4.11. The molecule has 2 bridgehead atoms. The van der Waals surface area contributed by atoms with E-state index in [2.05, 4.69) is 192 Å². The lowest BCUT2D eigenvalue weighted by Gasteiger charge is -2.43. The number of anilines is 3. The minimum atomic E-state index is -0.0640. The van der Waals surface area contributed by atoms with Gasteiger partial charge in [-0.2, -0.15) is 0 Å². The molecular weight excluding hydrogens is 658 g/mol. The predicted octanol–water partition coefficient (Wildman–Crippen LogP) is 12.9. The van der Waals surface area contributed by atoms with Crippen LogP contribution in [0.4, 0.5) is 17.1 Å². The molecule has 0 aromatic heterocycles. The maximum atomic E-state index is 4.01. The van der Waals surface area contributed by atoms with Gasteiger partial charge in [-0.25, -0.2) is 0 Å². The fourth-order valence-corrected chi connectivity index (χ4v) is 9.72. The van der Waals surface area contributed by atoms with E-state index < -0.39 is 0 Å². The van der Waals surface area contributed by atoms with Crippen LogP contribution in [0.25, 0.3) is 22.3 Å². The highest BCUT2D eigenvalue weighted by atomic mass is 79.9. The summed E-state index contributed by atoms with van der Waals surface area (Å²) in [5.74, 6) is 0.434. The van der Waals surface area contributed by atoms with Crippen molar-refractivity contribution >= 4 is 33.0 Å². The Hall–Kier alpha value is -5.18. The normalized spacial score (nSPS) is 17.0. The van der Waals surface area contributed by atoms with Crippen molar-refractivity contribution in [2.24, 2.45) is 0 Å². The number of hydrogen-bond acceptors (Lipinski definition) is 1. The Morgan fingerprint density at radius 1 is 0.449 bits per heavy atom. The van der Waals surface area contributed by atoms with Gasteiger partial charge in [0.15, 0.2) is 0 Å². The average Bonchev–Trinajstić information content (AvgIpc) is 3.38. The summed E-state index contributed by atoms with van der Waals surface area (Å²) in [6.07, 6.45) is 0. The Morgan fingerprint density at radius 3 is 1.63 bits per heavy atom. The first-order chi connectivity index (χ1) is 24.0. The number of fused-ring (bicyclic) bond motifs is 3. The fourth-order valence-electron chi connectivity index (χ4n) is 9.14. The largest absolute Gasteiger partial charge is 0.310 e. The molecule has 0 aliphatic heterocycles. The van der Waals surface area contributed by atoms with Crippen molar-refractivity contribution in [2.45, 2.75) is 31.1 Å². The van der Waals surface area contributed by atoms with Crippen molar-refractivity contribution in [1.29, 1.82) is 0 Å². The summed E-state index contributed by atoms with van der Waals surface area (Å²) in [4.78, 5) is 2.40. The molecule has 4 aliphatic carbocycles. The maximum Gasteiger partial charge on any atom is 0.0465 e. The lowest BCUT2D eigenvalue weighted by molar-refractivity contribution is 0.660. The highest BCUT2D eigenvalue weighted by Gasteiger charge is 2.43. The molecular formula is C47H34BrN. The second-order valence-electron chi connectivity index (χ2n) is 14.2. The van der Waals surface area contributed by atoms with Crippen molar-refractivity contribution in [1.82, 2.24) is 0 Å². The average molecular weight is 693 g/mol. The van der Waals surface area contributed by atoms with Crippen LogP contribution in [0.2, 0.25) is 0 Å². The van der Waals surface area contributed by atoms with Gasteiger partial charge in [0, 0.05) is 38.8 Å². The quantitative estimate of drug-likeness (QED) is 0.177. The zero-order chi connectivity index (χ0) is 32.9. The van der Waals surface area contributed by atoms with Gasteiger partial charge >= 0.3 is 0 Å². The van der Waals surface area contributed by atoms with Gasteiger partial charge in [0.1, 0.15) is 0 Å². The molecule has 0 amide bonds. The molecule has 0 N–H and O–H groups in total. The van der Waals surface area contributed by atoms with Crippen molar-refractivity contribution < 1.29 is 0 Å². The lowest BCUT2D eigenvalue weighted by atomic mass is 9.60. The Labute approximate surface area is 296 Å². The molecule has 0 unspecified atom stereocenters. The van der Waals surface area contributed by atoms with E-state index in [1.54, 1.807) is 0 Å². The Morgan fingerprint density at radius 2 is 0.959 bits per heavy atom. The minimum Gasteiger partial charge on any atom is -0.310 e. The SMILES string of the molecule is CC1(C)c2ccccc2-c2ccc(N(c3ccccc3)c3ccc(-c4ccc(Br)c5c4C4c6ccccc6C5c5ccccc54)cc3)cc21. The summed E-state index contributed by atoms with van der Waals surface area (Å²) >= 11 is 4.01. The molecule has 11 rings (SSSR count). The smallest absolute Gasteiger partial charge is 0.0465 e. The number of benzene rings is 7. The number of nitrogens with zero attached hydrogens (tertiary/aromatic N) is 1. The van der Waals surface area contributed by atoms with E-state index in [0.29, 0.717) is 0 Å².